The number of benzene rings is 1. The lowest BCUT2D eigenvalue weighted by molar-refractivity contribution is -0.385. The van der Waals surface area contributed by atoms with Crippen LogP contribution in [-0.4, -0.2) is 30.0 Å². The van der Waals surface area contributed by atoms with Crippen molar-refractivity contribution in [3.8, 4) is 5.75 Å². The van der Waals surface area contributed by atoms with E-state index >= 15 is 0 Å². The summed E-state index contributed by atoms with van der Waals surface area (Å²) in [6.45, 7) is 0.0310. The van der Waals surface area contributed by atoms with Crippen LogP contribution in [0.3, 0.4) is 0 Å². The summed E-state index contributed by atoms with van der Waals surface area (Å²) >= 11 is 3.16. The highest BCUT2D eigenvalue weighted by Gasteiger charge is 2.49. The predicted molar refractivity (Wildman–Crippen MR) is 80.0 cm³/mol. The van der Waals surface area contributed by atoms with Crippen molar-refractivity contribution >= 4 is 27.5 Å². The number of primary amides is 1. The van der Waals surface area contributed by atoms with E-state index in [9.17, 15) is 14.9 Å². The Bertz CT molecular complexity index is 577. The molecule has 1 unspecified atom stereocenters. The molecule has 1 aromatic carbocycles. The van der Waals surface area contributed by atoms with E-state index in [-0.39, 0.29) is 22.7 Å². The minimum Gasteiger partial charge on any atom is -0.490 e. The van der Waals surface area contributed by atoms with Crippen LogP contribution in [0, 0.1) is 16.0 Å². The van der Waals surface area contributed by atoms with Crippen molar-refractivity contribution in [3.63, 3.8) is 0 Å². The summed E-state index contributed by atoms with van der Waals surface area (Å²) in [6, 6.07) is 4.50. The molecule has 0 aromatic heterocycles. The lowest BCUT2D eigenvalue weighted by Gasteiger charge is -2.30. The average molecular weight is 358 g/mol. The smallest absolute Gasteiger partial charge is 0.287 e. The predicted octanol–water partition coefficient (Wildman–Crippen LogP) is 1.59. The van der Waals surface area contributed by atoms with Crippen molar-refractivity contribution in [1.82, 2.24) is 5.32 Å². The Morgan fingerprint density at radius 2 is 2.29 bits per heavy atom. The van der Waals surface area contributed by atoms with Gasteiger partial charge in [0.2, 0.25) is 5.91 Å². The number of carbonyl (C=O) groups excluding carboxylic acids is 1. The quantitative estimate of drug-likeness (QED) is 0.569. The minimum absolute atomic E-state index is 0.0310. The van der Waals surface area contributed by atoms with Crippen LogP contribution in [0.1, 0.15) is 12.8 Å². The van der Waals surface area contributed by atoms with E-state index < -0.39 is 16.4 Å². The van der Waals surface area contributed by atoms with Gasteiger partial charge < -0.3 is 15.8 Å². The standard InChI is InChI=1S/C13H16BrN3O4/c1-16-13(12(15)18,8-5-6-8)7-21-10-4-2-3-9(11(10)14)17(19)20/h2-4,8,16H,5-7H2,1H3,(H2,15,18). The van der Waals surface area contributed by atoms with Crippen molar-refractivity contribution in [2.45, 2.75) is 18.4 Å². The molecule has 1 saturated carbocycles. The topological polar surface area (TPSA) is 107 Å². The zero-order chi connectivity index (χ0) is 15.6. The zero-order valence-corrected chi connectivity index (χ0v) is 13.1. The number of rotatable bonds is 7. The highest BCUT2D eigenvalue weighted by molar-refractivity contribution is 9.10. The summed E-state index contributed by atoms with van der Waals surface area (Å²) < 4.78 is 5.88. The van der Waals surface area contributed by atoms with Gasteiger partial charge in [-0.15, -0.1) is 0 Å². The number of halogens is 1. The second-order valence-electron chi connectivity index (χ2n) is 4.99. The van der Waals surface area contributed by atoms with Gasteiger partial charge in [0.15, 0.2) is 0 Å². The number of nitrogens with zero attached hydrogens (tertiary/aromatic N) is 1. The molecule has 0 radical (unpaired) electrons. The number of carbonyl (C=O) groups is 1. The van der Waals surface area contributed by atoms with Crippen LogP contribution < -0.4 is 15.8 Å². The molecule has 0 saturated heterocycles. The summed E-state index contributed by atoms with van der Waals surface area (Å²) in [5.41, 5.74) is 4.47. The third-order valence-corrected chi connectivity index (χ3v) is 4.55. The molecule has 1 amide bonds. The van der Waals surface area contributed by atoms with E-state index in [4.69, 9.17) is 10.5 Å². The van der Waals surface area contributed by atoms with Crippen molar-refractivity contribution in [2.24, 2.45) is 11.7 Å². The largest absolute Gasteiger partial charge is 0.490 e. The maximum absolute atomic E-state index is 11.8. The molecular weight excluding hydrogens is 342 g/mol. The lowest BCUT2D eigenvalue weighted by Crippen LogP contribution is -2.59. The fourth-order valence-corrected chi connectivity index (χ4v) is 2.83. The number of nitrogens with one attached hydrogen (secondary N) is 1. The molecule has 0 bridgehead atoms. The summed E-state index contributed by atoms with van der Waals surface area (Å²) in [5.74, 6) is -0.0303. The number of hydrogen-bond donors (Lipinski definition) is 2. The van der Waals surface area contributed by atoms with Gasteiger partial charge in [-0.25, -0.2) is 0 Å². The first-order valence-electron chi connectivity index (χ1n) is 6.47. The number of hydrogen-bond acceptors (Lipinski definition) is 5. The number of likely N-dealkylation sites (N-methyl/N-ethyl adjacent to an activating group) is 1. The molecule has 114 valence electrons. The van der Waals surface area contributed by atoms with Gasteiger partial charge >= 0.3 is 0 Å². The maximum Gasteiger partial charge on any atom is 0.287 e. The van der Waals surface area contributed by atoms with E-state index in [1.165, 1.54) is 12.1 Å². The first-order chi connectivity index (χ1) is 9.92. The van der Waals surface area contributed by atoms with Gasteiger partial charge in [-0.2, -0.15) is 0 Å². The van der Waals surface area contributed by atoms with Gasteiger partial charge in [0.1, 0.15) is 22.4 Å². The molecule has 0 heterocycles. The molecule has 1 fully saturated rings. The SMILES string of the molecule is CNC(COc1cccc([N+](=O)[O-])c1Br)(C(N)=O)C1CC1. The number of ether oxygens (including phenoxy) is 1. The Hall–Kier alpha value is -1.67. The van der Waals surface area contributed by atoms with E-state index in [2.05, 4.69) is 21.2 Å². The highest BCUT2D eigenvalue weighted by Crippen LogP contribution is 2.41. The Morgan fingerprint density at radius 1 is 1.62 bits per heavy atom. The van der Waals surface area contributed by atoms with Crippen LogP contribution in [0.2, 0.25) is 0 Å². The molecular formula is C13H16BrN3O4. The lowest BCUT2D eigenvalue weighted by atomic mass is 9.93. The molecule has 1 aliphatic rings. The highest BCUT2D eigenvalue weighted by atomic mass is 79.9. The normalized spacial score (nSPS) is 17.0. The molecule has 0 spiro atoms. The maximum atomic E-state index is 11.8. The Balaban J connectivity index is 2.20. The van der Waals surface area contributed by atoms with Gasteiger partial charge in [0.05, 0.1) is 4.92 Å². The van der Waals surface area contributed by atoms with Crippen LogP contribution in [0.4, 0.5) is 5.69 Å². The van der Waals surface area contributed by atoms with Gasteiger partial charge in [0, 0.05) is 6.07 Å². The van der Waals surface area contributed by atoms with Crippen molar-refractivity contribution in [2.75, 3.05) is 13.7 Å². The summed E-state index contributed by atoms with van der Waals surface area (Å²) in [6.07, 6.45) is 1.81. The summed E-state index contributed by atoms with van der Waals surface area (Å²) in [5, 5.41) is 13.8. The molecule has 1 atom stereocenters. The van der Waals surface area contributed by atoms with Crippen molar-refractivity contribution < 1.29 is 14.5 Å². The Morgan fingerprint density at radius 3 is 2.76 bits per heavy atom. The van der Waals surface area contributed by atoms with E-state index in [0.717, 1.165) is 12.8 Å². The Labute approximate surface area is 130 Å². The van der Waals surface area contributed by atoms with Gasteiger partial charge in [-0.05, 0) is 47.8 Å². The van der Waals surface area contributed by atoms with Crippen LogP contribution in [0.25, 0.3) is 0 Å². The first kappa shape index (κ1) is 15.7. The molecule has 2 rings (SSSR count). The molecule has 0 aliphatic heterocycles. The fraction of sp³-hybridized carbons (Fsp3) is 0.462. The van der Waals surface area contributed by atoms with Gasteiger partial charge in [0.25, 0.3) is 5.69 Å². The van der Waals surface area contributed by atoms with Crippen molar-refractivity contribution in [1.29, 1.82) is 0 Å². The molecule has 3 N–H and O–H groups in total. The number of amides is 1. The van der Waals surface area contributed by atoms with Gasteiger partial charge in [-0.1, -0.05) is 6.07 Å². The summed E-state index contributed by atoms with van der Waals surface area (Å²) in [4.78, 5) is 22.2. The molecule has 7 nitrogen and oxygen atoms in total. The van der Waals surface area contributed by atoms with E-state index in [1.54, 1.807) is 13.1 Å². The van der Waals surface area contributed by atoms with Crippen LogP contribution in [0.15, 0.2) is 22.7 Å². The van der Waals surface area contributed by atoms with Crippen LogP contribution in [-0.2, 0) is 4.79 Å². The molecule has 1 aromatic rings. The second kappa shape index (κ2) is 5.98. The summed E-state index contributed by atoms with van der Waals surface area (Å²) in [7, 11) is 1.66. The van der Waals surface area contributed by atoms with Gasteiger partial charge in [-0.3, -0.25) is 14.9 Å². The fourth-order valence-electron chi connectivity index (χ4n) is 2.31. The van der Waals surface area contributed by atoms with Crippen molar-refractivity contribution in [3.05, 3.63) is 32.8 Å². The monoisotopic (exact) mass is 357 g/mol. The number of nitro benzene ring substituents is 1. The molecule has 8 heteroatoms. The van der Waals surface area contributed by atoms with Crippen LogP contribution in [0.5, 0.6) is 5.75 Å². The third-order valence-electron chi connectivity index (χ3n) is 3.76. The number of nitro groups is 1. The van der Waals surface area contributed by atoms with E-state index in [1.807, 2.05) is 0 Å². The Kier molecular flexibility index (Phi) is 4.48. The van der Waals surface area contributed by atoms with Crippen LogP contribution >= 0.6 is 15.9 Å². The average Bonchev–Trinajstić information content (AvgIpc) is 3.26. The zero-order valence-electron chi connectivity index (χ0n) is 11.5. The van der Waals surface area contributed by atoms with E-state index in [0.29, 0.717) is 5.75 Å². The third kappa shape index (κ3) is 3.01. The minimum atomic E-state index is -0.940. The first-order valence-corrected chi connectivity index (χ1v) is 7.26. The second-order valence-corrected chi connectivity index (χ2v) is 5.79. The molecule has 21 heavy (non-hydrogen) atoms. The molecule has 1 aliphatic carbocycles. The number of nitrogens with two attached hydrogens (primary N) is 1.